The Labute approximate surface area is 100 Å². The van der Waals surface area contributed by atoms with Crippen LogP contribution in [0.3, 0.4) is 0 Å². The minimum atomic E-state index is -0.591. The van der Waals surface area contributed by atoms with E-state index in [1.54, 1.807) is 19.1 Å². The highest BCUT2D eigenvalue weighted by Gasteiger charge is 2.26. The fourth-order valence-corrected chi connectivity index (χ4v) is 1.97. The van der Waals surface area contributed by atoms with Crippen LogP contribution in [0.5, 0.6) is 5.75 Å². The first-order valence-corrected chi connectivity index (χ1v) is 5.65. The van der Waals surface area contributed by atoms with Crippen molar-refractivity contribution in [3.8, 4) is 5.75 Å². The van der Waals surface area contributed by atoms with Gasteiger partial charge in [-0.15, -0.1) is 0 Å². The summed E-state index contributed by atoms with van der Waals surface area (Å²) in [5.41, 5.74) is 0.845. The van der Waals surface area contributed by atoms with Gasteiger partial charge < -0.3 is 4.74 Å². The largest absolute Gasteiger partial charge is 0.485 e. The fraction of sp³-hybridized carbons (Fsp3) is 0.429. The maximum atomic E-state index is 14.1. The molecule has 17 heavy (non-hydrogen) atoms. The Morgan fingerprint density at radius 1 is 1.18 bits per heavy atom. The molecule has 0 atom stereocenters. The van der Waals surface area contributed by atoms with Gasteiger partial charge in [0.05, 0.1) is 5.56 Å². The van der Waals surface area contributed by atoms with Gasteiger partial charge in [-0.25, -0.2) is 8.78 Å². The smallest absolute Gasteiger partial charge is 0.175 e. The topological polar surface area (TPSA) is 9.23 Å². The molecule has 2 rings (SSSR count). The van der Waals surface area contributed by atoms with Crippen molar-refractivity contribution in [3.63, 3.8) is 0 Å². The summed E-state index contributed by atoms with van der Waals surface area (Å²) in [6.07, 6.45) is 0.480. The van der Waals surface area contributed by atoms with E-state index in [9.17, 15) is 8.78 Å². The van der Waals surface area contributed by atoms with Crippen molar-refractivity contribution < 1.29 is 13.5 Å². The van der Waals surface area contributed by atoms with Gasteiger partial charge in [-0.05, 0) is 51.3 Å². The molecule has 0 saturated heterocycles. The molecular weight excluding hydrogens is 222 g/mol. The first-order chi connectivity index (χ1) is 7.79. The number of rotatable bonds is 1. The summed E-state index contributed by atoms with van der Waals surface area (Å²) in [5, 5.41) is 0. The molecule has 1 aliphatic carbocycles. The van der Waals surface area contributed by atoms with Crippen LogP contribution in [0, 0.1) is 5.82 Å². The Kier molecular flexibility index (Phi) is 2.72. The number of ether oxygens (including phenoxy) is 1. The van der Waals surface area contributed by atoms with Crippen LogP contribution in [0.15, 0.2) is 17.7 Å². The van der Waals surface area contributed by atoms with Gasteiger partial charge in [-0.2, -0.15) is 0 Å². The third kappa shape index (κ3) is 2.19. The zero-order valence-corrected chi connectivity index (χ0v) is 10.5. The van der Waals surface area contributed by atoms with Gasteiger partial charge in [0.1, 0.15) is 11.4 Å². The predicted octanol–water partition coefficient (Wildman–Crippen LogP) is 4.26. The maximum absolute atomic E-state index is 14.1. The van der Waals surface area contributed by atoms with Gasteiger partial charge in [0.2, 0.25) is 0 Å². The summed E-state index contributed by atoms with van der Waals surface area (Å²) in [6, 6.07) is 3.31. The van der Waals surface area contributed by atoms with Crippen LogP contribution in [-0.2, 0) is 6.42 Å². The van der Waals surface area contributed by atoms with Crippen molar-refractivity contribution in [3.05, 3.63) is 34.6 Å². The monoisotopic (exact) mass is 238 g/mol. The van der Waals surface area contributed by atoms with Gasteiger partial charge in [0.15, 0.2) is 11.6 Å². The average molecular weight is 238 g/mol. The molecule has 3 heteroatoms. The molecule has 1 nitrogen and oxygen atoms in total. The number of halogens is 2. The molecule has 0 amide bonds. The third-order valence-corrected chi connectivity index (χ3v) is 2.66. The first kappa shape index (κ1) is 12.1. The third-order valence-electron chi connectivity index (χ3n) is 2.66. The van der Waals surface area contributed by atoms with E-state index in [4.69, 9.17) is 4.74 Å². The molecule has 0 aliphatic heterocycles. The molecule has 0 aromatic heterocycles. The Balaban J connectivity index is 2.47. The van der Waals surface area contributed by atoms with E-state index in [0.717, 1.165) is 0 Å². The van der Waals surface area contributed by atoms with Crippen molar-refractivity contribution in [2.75, 3.05) is 0 Å². The number of hydrogen-bond acceptors (Lipinski definition) is 1. The van der Waals surface area contributed by atoms with Gasteiger partial charge in [-0.3, -0.25) is 0 Å². The molecule has 0 heterocycles. The van der Waals surface area contributed by atoms with E-state index in [1.165, 1.54) is 0 Å². The summed E-state index contributed by atoms with van der Waals surface area (Å²) in [6.45, 7) is 7.17. The molecule has 1 aromatic carbocycles. The van der Waals surface area contributed by atoms with Crippen LogP contribution < -0.4 is 4.74 Å². The zero-order chi connectivity index (χ0) is 12.8. The van der Waals surface area contributed by atoms with E-state index >= 15 is 0 Å². The standard InChI is InChI=1S/C14H16F2O/c1-8-7-9-5-6-10(17-14(2,3)4)13(16)11(9)12(8)15/h5-6H,7H2,1-4H3. The second-order valence-corrected chi connectivity index (χ2v) is 5.40. The average Bonchev–Trinajstić information content (AvgIpc) is 2.47. The zero-order valence-electron chi connectivity index (χ0n) is 10.5. The summed E-state index contributed by atoms with van der Waals surface area (Å²) < 4.78 is 33.4. The first-order valence-electron chi connectivity index (χ1n) is 5.65. The summed E-state index contributed by atoms with van der Waals surface area (Å²) in [4.78, 5) is 0. The molecule has 92 valence electrons. The van der Waals surface area contributed by atoms with Crippen molar-refractivity contribution in [2.45, 2.75) is 39.7 Å². The lowest BCUT2D eigenvalue weighted by atomic mass is 10.1. The maximum Gasteiger partial charge on any atom is 0.175 e. The van der Waals surface area contributed by atoms with Crippen LogP contribution in [0.2, 0.25) is 0 Å². The Morgan fingerprint density at radius 3 is 2.41 bits per heavy atom. The summed E-state index contributed by atoms with van der Waals surface area (Å²) in [5.74, 6) is -0.926. The van der Waals surface area contributed by atoms with Crippen molar-refractivity contribution in [2.24, 2.45) is 0 Å². The quantitative estimate of drug-likeness (QED) is 0.710. The van der Waals surface area contributed by atoms with Crippen molar-refractivity contribution >= 4 is 5.83 Å². The molecule has 0 N–H and O–H groups in total. The van der Waals surface area contributed by atoms with E-state index in [1.807, 2.05) is 20.8 Å². The van der Waals surface area contributed by atoms with Crippen LogP contribution in [0.1, 0.15) is 38.8 Å². The Hall–Kier alpha value is -1.38. The molecule has 0 unspecified atom stereocenters. The van der Waals surface area contributed by atoms with Crippen molar-refractivity contribution in [1.29, 1.82) is 0 Å². The lowest BCUT2D eigenvalue weighted by Gasteiger charge is -2.22. The molecular formula is C14H16F2O. The van der Waals surface area contributed by atoms with Gasteiger partial charge >= 0.3 is 0 Å². The minimum absolute atomic E-state index is 0.0734. The van der Waals surface area contributed by atoms with Crippen molar-refractivity contribution in [1.82, 2.24) is 0 Å². The fourth-order valence-electron chi connectivity index (χ4n) is 1.97. The summed E-state index contributed by atoms with van der Waals surface area (Å²) >= 11 is 0. The highest BCUT2D eigenvalue weighted by Crippen LogP contribution is 2.39. The molecule has 0 fully saturated rings. The molecule has 0 bridgehead atoms. The number of hydrogen-bond donors (Lipinski definition) is 0. The molecule has 0 saturated carbocycles. The number of benzene rings is 1. The Morgan fingerprint density at radius 2 is 1.82 bits per heavy atom. The normalized spacial score (nSPS) is 15.2. The predicted molar refractivity (Wildman–Crippen MR) is 64.2 cm³/mol. The van der Waals surface area contributed by atoms with E-state index in [0.29, 0.717) is 17.6 Å². The highest BCUT2D eigenvalue weighted by atomic mass is 19.1. The van der Waals surface area contributed by atoms with E-state index in [-0.39, 0.29) is 11.3 Å². The second kappa shape index (κ2) is 3.83. The number of fused-ring (bicyclic) bond motifs is 1. The number of allylic oxidation sites excluding steroid dienone is 1. The molecule has 0 spiro atoms. The lowest BCUT2D eigenvalue weighted by molar-refractivity contribution is 0.124. The lowest BCUT2D eigenvalue weighted by Crippen LogP contribution is -2.23. The van der Waals surface area contributed by atoms with Crippen LogP contribution in [0.25, 0.3) is 5.83 Å². The van der Waals surface area contributed by atoms with Gasteiger partial charge in [0.25, 0.3) is 0 Å². The van der Waals surface area contributed by atoms with E-state index in [2.05, 4.69) is 0 Å². The Bertz CT molecular complexity index is 496. The van der Waals surface area contributed by atoms with Crippen LogP contribution >= 0.6 is 0 Å². The molecule has 1 aromatic rings. The second-order valence-electron chi connectivity index (χ2n) is 5.40. The summed E-state index contributed by atoms with van der Waals surface area (Å²) in [7, 11) is 0. The van der Waals surface area contributed by atoms with Crippen LogP contribution in [-0.4, -0.2) is 5.60 Å². The van der Waals surface area contributed by atoms with Gasteiger partial charge in [0, 0.05) is 0 Å². The highest BCUT2D eigenvalue weighted by molar-refractivity contribution is 5.72. The minimum Gasteiger partial charge on any atom is -0.485 e. The van der Waals surface area contributed by atoms with Crippen LogP contribution in [0.4, 0.5) is 8.78 Å². The van der Waals surface area contributed by atoms with E-state index < -0.39 is 17.2 Å². The molecule has 1 aliphatic rings. The van der Waals surface area contributed by atoms with Gasteiger partial charge in [-0.1, -0.05) is 6.07 Å². The SMILES string of the molecule is CC1=C(F)c2c(ccc(OC(C)(C)C)c2F)C1. The molecule has 0 radical (unpaired) electrons.